The largest absolute Gasteiger partial charge is 0.380 e. The van der Waals surface area contributed by atoms with Crippen LogP contribution < -0.4 is 5.32 Å². The van der Waals surface area contributed by atoms with Crippen LogP contribution in [-0.4, -0.2) is 43.1 Å². The van der Waals surface area contributed by atoms with E-state index in [1.165, 1.54) is 0 Å². The molecule has 114 valence electrons. The molecule has 1 N–H and O–H groups in total. The van der Waals surface area contributed by atoms with Crippen molar-refractivity contribution in [2.45, 2.75) is 25.5 Å². The third-order valence-corrected chi connectivity index (χ3v) is 4.50. The molecule has 1 saturated heterocycles. The number of ether oxygens (including phenoxy) is 1. The lowest BCUT2D eigenvalue weighted by molar-refractivity contribution is -0.384. The summed E-state index contributed by atoms with van der Waals surface area (Å²) in [6, 6.07) is 5.62. The van der Waals surface area contributed by atoms with E-state index in [2.05, 4.69) is 17.3 Å². The summed E-state index contributed by atoms with van der Waals surface area (Å²) in [6.07, 6.45) is 2.21. The van der Waals surface area contributed by atoms with Crippen LogP contribution >= 0.6 is 0 Å². The van der Waals surface area contributed by atoms with Crippen molar-refractivity contribution in [1.82, 2.24) is 4.90 Å². The van der Waals surface area contributed by atoms with E-state index in [0.717, 1.165) is 31.5 Å². The van der Waals surface area contributed by atoms with Crippen molar-refractivity contribution in [2.24, 2.45) is 5.41 Å². The minimum absolute atomic E-state index is 0.135. The molecule has 0 unspecified atom stereocenters. The van der Waals surface area contributed by atoms with Crippen molar-refractivity contribution in [3.05, 3.63) is 33.9 Å². The van der Waals surface area contributed by atoms with Gasteiger partial charge in [-0.3, -0.25) is 10.1 Å². The highest BCUT2D eigenvalue weighted by molar-refractivity contribution is 5.63. The molecular formula is C15H21N3O3. The van der Waals surface area contributed by atoms with Gasteiger partial charge in [-0.05, 0) is 36.9 Å². The van der Waals surface area contributed by atoms with Crippen LogP contribution in [0.4, 0.5) is 11.4 Å². The lowest BCUT2D eigenvalue weighted by Crippen LogP contribution is -2.63. The van der Waals surface area contributed by atoms with Crippen molar-refractivity contribution >= 4 is 11.4 Å². The second kappa shape index (κ2) is 5.27. The second-order valence-corrected chi connectivity index (χ2v) is 6.46. The summed E-state index contributed by atoms with van der Waals surface area (Å²) in [4.78, 5) is 13.2. The predicted octanol–water partition coefficient (Wildman–Crippen LogP) is 2.25. The predicted molar refractivity (Wildman–Crippen MR) is 80.4 cm³/mol. The van der Waals surface area contributed by atoms with Crippen LogP contribution in [0.1, 0.15) is 18.4 Å². The number of nitro benzene ring substituents is 1. The molecule has 0 aromatic heterocycles. The van der Waals surface area contributed by atoms with E-state index in [1.807, 2.05) is 6.07 Å². The minimum atomic E-state index is -0.326. The summed E-state index contributed by atoms with van der Waals surface area (Å²) in [7, 11) is 3.72. The van der Waals surface area contributed by atoms with E-state index < -0.39 is 0 Å². The van der Waals surface area contributed by atoms with Gasteiger partial charge in [0.2, 0.25) is 0 Å². The van der Waals surface area contributed by atoms with Crippen molar-refractivity contribution < 1.29 is 9.66 Å². The van der Waals surface area contributed by atoms with Gasteiger partial charge in [0.15, 0.2) is 0 Å². The molecule has 6 nitrogen and oxygen atoms in total. The Morgan fingerprint density at radius 1 is 1.48 bits per heavy atom. The van der Waals surface area contributed by atoms with E-state index in [4.69, 9.17) is 4.74 Å². The average molecular weight is 291 g/mol. The first-order chi connectivity index (χ1) is 10.0. The number of anilines is 1. The topological polar surface area (TPSA) is 67.6 Å². The van der Waals surface area contributed by atoms with E-state index in [1.54, 1.807) is 19.2 Å². The molecule has 1 aromatic carbocycles. The van der Waals surface area contributed by atoms with Crippen LogP contribution in [-0.2, 0) is 11.3 Å². The molecule has 1 aliphatic carbocycles. The maximum atomic E-state index is 11.2. The number of hydrogen-bond donors (Lipinski definition) is 1. The van der Waals surface area contributed by atoms with Gasteiger partial charge in [-0.25, -0.2) is 0 Å². The van der Waals surface area contributed by atoms with Gasteiger partial charge >= 0.3 is 0 Å². The first-order valence-electron chi connectivity index (χ1n) is 7.23. The highest BCUT2D eigenvalue weighted by Crippen LogP contribution is 2.49. The summed E-state index contributed by atoms with van der Waals surface area (Å²) < 4.78 is 5.03. The van der Waals surface area contributed by atoms with Crippen LogP contribution in [0.2, 0.25) is 0 Å². The first kappa shape index (κ1) is 14.3. The Morgan fingerprint density at radius 3 is 2.76 bits per heavy atom. The third-order valence-electron chi connectivity index (χ3n) is 4.50. The molecule has 1 aliphatic heterocycles. The monoisotopic (exact) mass is 291 g/mol. The van der Waals surface area contributed by atoms with Crippen molar-refractivity contribution in [3.8, 4) is 0 Å². The molecule has 2 fully saturated rings. The van der Waals surface area contributed by atoms with Gasteiger partial charge < -0.3 is 15.0 Å². The quantitative estimate of drug-likeness (QED) is 0.665. The van der Waals surface area contributed by atoms with Crippen LogP contribution in [0.3, 0.4) is 0 Å². The van der Waals surface area contributed by atoms with E-state index in [0.29, 0.717) is 23.8 Å². The Kier molecular flexibility index (Phi) is 3.59. The smallest absolute Gasteiger partial charge is 0.292 e. The molecule has 0 atom stereocenters. The Balaban J connectivity index is 1.66. The minimum Gasteiger partial charge on any atom is -0.380 e. The number of methoxy groups -OCH3 is 1. The highest BCUT2D eigenvalue weighted by atomic mass is 16.6. The summed E-state index contributed by atoms with van der Waals surface area (Å²) >= 11 is 0. The molecule has 1 spiro atoms. The van der Waals surface area contributed by atoms with E-state index >= 15 is 0 Å². The number of rotatable bonds is 5. The lowest BCUT2D eigenvalue weighted by atomic mass is 9.61. The molecule has 0 amide bonds. The molecule has 6 heteroatoms. The molecule has 0 radical (unpaired) electrons. The zero-order valence-corrected chi connectivity index (χ0v) is 12.5. The lowest BCUT2D eigenvalue weighted by Gasteiger charge is -2.58. The summed E-state index contributed by atoms with van der Waals surface area (Å²) in [5, 5.41) is 14.6. The van der Waals surface area contributed by atoms with Crippen LogP contribution in [0.15, 0.2) is 18.2 Å². The van der Waals surface area contributed by atoms with Crippen molar-refractivity contribution in [3.63, 3.8) is 0 Å². The summed E-state index contributed by atoms with van der Waals surface area (Å²) in [5.41, 5.74) is 2.04. The van der Waals surface area contributed by atoms with Gasteiger partial charge in [-0.1, -0.05) is 6.07 Å². The summed E-state index contributed by atoms with van der Waals surface area (Å²) in [6.45, 7) is 2.69. The Morgan fingerprint density at radius 2 is 2.19 bits per heavy atom. The molecule has 21 heavy (non-hydrogen) atoms. The molecule has 2 aliphatic rings. The van der Waals surface area contributed by atoms with Gasteiger partial charge in [-0.15, -0.1) is 0 Å². The number of nitrogens with one attached hydrogen (secondary N) is 1. The van der Waals surface area contributed by atoms with Crippen molar-refractivity contribution in [1.29, 1.82) is 0 Å². The standard InChI is InChI=1S/C15H21N3O3/c1-17-9-15(10-17)6-12(7-15)16-13-4-3-11(8-21-2)5-14(13)18(19)20/h3-5,12,16H,6-10H2,1-2H3. The van der Waals surface area contributed by atoms with Gasteiger partial charge in [0.1, 0.15) is 5.69 Å². The maximum absolute atomic E-state index is 11.2. The van der Waals surface area contributed by atoms with Crippen molar-refractivity contribution in [2.75, 3.05) is 32.6 Å². The Hall–Kier alpha value is -1.66. The third kappa shape index (κ3) is 2.73. The number of nitro groups is 1. The molecule has 0 bridgehead atoms. The second-order valence-electron chi connectivity index (χ2n) is 6.46. The molecule has 1 aromatic rings. The molecule has 3 rings (SSSR count). The van der Waals surface area contributed by atoms with Crippen LogP contribution in [0, 0.1) is 15.5 Å². The zero-order chi connectivity index (χ0) is 15.0. The number of likely N-dealkylation sites (tertiary alicyclic amines) is 1. The molecule has 1 heterocycles. The number of hydrogen-bond acceptors (Lipinski definition) is 5. The number of benzene rings is 1. The first-order valence-corrected chi connectivity index (χ1v) is 7.23. The molecule has 1 saturated carbocycles. The van der Waals surface area contributed by atoms with E-state index in [9.17, 15) is 10.1 Å². The average Bonchev–Trinajstić information content (AvgIpc) is 2.36. The zero-order valence-electron chi connectivity index (χ0n) is 12.5. The van der Waals surface area contributed by atoms with Gasteiger partial charge in [-0.2, -0.15) is 0 Å². The number of nitrogens with zero attached hydrogens (tertiary/aromatic N) is 2. The summed E-state index contributed by atoms with van der Waals surface area (Å²) in [5.74, 6) is 0. The van der Waals surface area contributed by atoms with Gasteiger partial charge in [0.05, 0.1) is 11.5 Å². The fourth-order valence-corrected chi connectivity index (χ4v) is 3.77. The van der Waals surface area contributed by atoms with E-state index in [-0.39, 0.29) is 10.6 Å². The Labute approximate surface area is 124 Å². The van der Waals surface area contributed by atoms with Gasteiger partial charge in [0.25, 0.3) is 5.69 Å². The maximum Gasteiger partial charge on any atom is 0.292 e. The van der Waals surface area contributed by atoms with Crippen LogP contribution in [0.5, 0.6) is 0 Å². The van der Waals surface area contributed by atoms with Gasteiger partial charge in [0, 0.05) is 32.3 Å². The fourth-order valence-electron chi connectivity index (χ4n) is 3.77. The Bertz CT molecular complexity index is 547. The SMILES string of the molecule is COCc1ccc(NC2CC3(C2)CN(C)C3)c([N+](=O)[O-])c1. The fraction of sp³-hybridized carbons (Fsp3) is 0.600. The molecular weight excluding hydrogens is 270 g/mol. The highest BCUT2D eigenvalue weighted by Gasteiger charge is 2.51. The van der Waals surface area contributed by atoms with Crippen LogP contribution in [0.25, 0.3) is 0 Å². The normalized spacial score (nSPS) is 20.9.